The van der Waals surface area contributed by atoms with Gasteiger partial charge in [-0.1, -0.05) is 12.1 Å². The van der Waals surface area contributed by atoms with E-state index in [0.717, 1.165) is 19.1 Å². The fourth-order valence-corrected chi connectivity index (χ4v) is 2.93. The Kier molecular flexibility index (Phi) is 5.64. The first-order chi connectivity index (χ1) is 14.1. The van der Waals surface area contributed by atoms with E-state index in [0.29, 0.717) is 11.4 Å². The van der Waals surface area contributed by atoms with Crippen LogP contribution in [0.1, 0.15) is 36.1 Å². The topological polar surface area (TPSA) is 103 Å². The molecular weight excluding hydrogens is 392 g/mol. The predicted molar refractivity (Wildman–Crippen MR) is 108 cm³/mol. The fraction of sp³-hybridized carbons (Fsp3) is 0.238. The molecule has 7 nitrogen and oxygen atoms in total. The van der Waals surface area contributed by atoms with Crippen LogP contribution in [-0.2, 0) is 4.79 Å². The number of carbonyl (C=O) groups excluding carboxylic acids is 2. The smallest absolute Gasteiger partial charge is 0.271 e. The van der Waals surface area contributed by atoms with Crippen molar-refractivity contribution in [2.45, 2.75) is 32.5 Å². The van der Waals surface area contributed by atoms with Crippen molar-refractivity contribution in [1.29, 1.82) is 0 Å². The number of aryl methyl sites for hydroxylation is 1. The molecule has 30 heavy (non-hydrogen) atoms. The van der Waals surface area contributed by atoms with Crippen LogP contribution in [0.3, 0.4) is 0 Å². The lowest BCUT2D eigenvalue weighted by atomic mass is 10.1. The number of amides is 1. The number of hydrogen-bond donors (Lipinski definition) is 2. The van der Waals surface area contributed by atoms with Gasteiger partial charge in [-0.25, -0.2) is 8.78 Å². The molecule has 1 aliphatic rings. The van der Waals surface area contributed by atoms with Gasteiger partial charge >= 0.3 is 0 Å². The van der Waals surface area contributed by atoms with Crippen molar-refractivity contribution < 1.29 is 18.4 Å². The third kappa shape index (κ3) is 4.19. The Morgan fingerprint density at radius 2 is 2.10 bits per heavy atom. The van der Waals surface area contributed by atoms with Crippen molar-refractivity contribution in [3.05, 3.63) is 77.3 Å². The molecule has 0 saturated heterocycles. The number of rotatable bonds is 6. The molecule has 0 bridgehead atoms. The number of allylic oxidation sites excluding steroid dienone is 5. The third-order valence-electron chi connectivity index (χ3n) is 4.74. The van der Waals surface area contributed by atoms with Crippen LogP contribution in [0, 0.1) is 6.92 Å². The van der Waals surface area contributed by atoms with Crippen molar-refractivity contribution >= 4 is 17.4 Å². The molecule has 2 aromatic rings. The quantitative estimate of drug-likeness (QED) is 0.559. The molecule has 0 radical (unpaired) electrons. The van der Waals surface area contributed by atoms with Gasteiger partial charge in [-0.05, 0) is 39.0 Å². The second kappa shape index (κ2) is 8.02. The summed E-state index contributed by atoms with van der Waals surface area (Å²) < 4.78 is 29.7. The summed E-state index contributed by atoms with van der Waals surface area (Å²) >= 11 is 0. The molecule has 156 valence electrons. The molecule has 3 N–H and O–H groups in total. The van der Waals surface area contributed by atoms with E-state index in [-0.39, 0.29) is 17.0 Å². The van der Waals surface area contributed by atoms with Crippen LogP contribution in [-0.4, -0.2) is 32.1 Å². The van der Waals surface area contributed by atoms with Crippen LogP contribution in [0.2, 0.25) is 0 Å². The van der Waals surface area contributed by atoms with Crippen LogP contribution in [0.15, 0.2) is 65.9 Å². The molecule has 0 spiro atoms. The molecule has 1 aliphatic carbocycles. The number of anilines is 1. The second-order valence-corrected chi connectivity index (χ2v) is 7.10. The Labute approximate surface area is 172 Å². The Balaban J connectivity index is 1.75. The molecule has 2 heterocycles. The van der Waals surface area contributed by atoms with Gasteiger partial charge in [0.05, 0.1) is 17.4 Å². The Bertz CT molecular complexity index is 1080. The maximum Gasteiger partial charge on any atom is 0.271 e. The van der Waals surface area contributed by atoms with E-state index in [9.17, 15) is 18.4 Å². The molecule has 9 heteroatoms. The number of pyridine rings is 1. The van der Waals surface area contributed by atoms with Gasteiger partial charge in [-0.15, -0.1) is 0 Å². The van der Waals surface area contributed by atoms with Crippen LogP contribution in [0.25, 0.3) is 0 Å². The lowest BCUT2D eigenvalue weighted by Crippen LogP contribution is -2.21. The highest BCUT2D eigenvalue weighted by Crippen LogP contribution is 2.38. The van der Waals surface area contributed by atoms with Gasteiger partial charge in [0.2, 0.25) is 5.78 Å². The minimum atomic E-state index is -2.14. The number of carbonyl (C=O) groups is 2. The molecule has 0 fully saturated rings. The normalized spacial score (nSPS) is 19.8. The number of aromatic nitrogens is 3. The molecule has 0 aromatic carbocycles. The molecule has 0 saturated carbocycles. The monoisotopic (exact) mass is 413 g/mol. The van der Waals surface area contributed by atoms with E-state index in [1.54, 1.807) is 26.0 Å². The average Bonchev–Trinajstić information content (AvgIpc) is 3.21. The minimum Gasteiger partial charge on any atom is -0.394 e. The van der Waals surface area contributed by atoms with Crippen LogP contribution < -0.4 is 11.1 Å². The van der Waals surface area contributed by atoms with Crippen molar-refractivity contribution in [3.63, 3.8) is 0 Å². The summed E-state index contributed by atoms with van der Waals surface area (Å²) in [5.41, 5.74) is 4.40. The number of hydrogen-bond acceptors (Lipinski definition) is 5. The number of nitrogens with two attached hydrogens (primary N) is 1. The van der Waals surface area contributed by atoms with Gasteiger partial charge in [-0.3, -0.25) is 19.3 Å². The molecule has 1 amide bonds. The lowest BCUT2D eigenvalue weighted by molar-refractivity contribution is -0.112. The fourth-order valence-electron chi connectivity index (χ4n) is 2.93. The molecular formula is C21H21F2N5O2. The number of nitrogens with zero attached hydrogens (tertiary/aromatic N) is 3. The van der Waals surface area contributed by atoms with E-state index in [4.69, 9.17) is 5.73 Å². The van der Waals surface area contributed by atoms with E-state index >= 15 is 0 Å². The maximum atomic E-state index is 14.3. The number of halogens is 2. The number of ketones is 1. The summed E-state index contributed by atoms with van der Waals surface area (Å²) in [6.07, 6.45) is 6.48. The van der Waals surface area contributed by atoms with Gasteiger partial charge in [-0.2, -0.15) is 5.10 Å². The van der Waals surface area contributed by atoms with E-state index in [2.05, 4.69) is 15.4 Å². The summed E-state index contributed by atoms with van der Waals surface area (Å²) in [7, 11) is 0. The first kappa shape index (κ1) is 21.1. The first-order valence-corrected chi connectivity index (χ1v) is 9.18. The summed E-state index contributed by atoms with van der Waals surface area (Å²) in [5.74, 6) is -2.07. The van der Waals surface area contributed by atoms with E-state index in [1.165, 1.54) is 29.2 Å². The summed E-state index contributed by atoms with van der Waals surface area (Å²) in [5, 5.41) is 6.84. The van der Waals surface area contributed by atoms with Gasteiger partial charge in [0, 0.05) is 24.0 Å². The third-order valence-corrected chi connectivity index (χ3v) is 4.74. The van der Waals surface area contributed by atoms with Gasteiger partial charge in [0.1, 0.15) is 17.2 Å². The Morgan fingerprint density at radius 3 is 2.70 bits per heavy atom. The average molecular weight is 413 g/mol. The Hall–Kier alpha value is -3.62. The maximum absolute atomic E-state index is 14.3. The molecule has 0 aliphatic heterocycles. The van der Waals surface area contributed by atoms with E-state index < -0.39 is 29.2 Å². The highest BCUT2D eigenvalue weighted by molar-refractivity contribution is 6.11. The molecule has 3 rings (SSSR count). The van der Waals surface area contributed by atoms with Gasteiger partial charge < -0.3 is 11.1 Å². The summed E-state index contributed by atoms with van der Waals surface area (Å²) in [6.45, 7) is 4.45. The van der Waals surface area contributed by atoms with E-state index in [1.807, 2.05) is 0 Å². The second-order valence-electron chi connectivity index (χ2n) is 7.10. The first-order valence-electron chi connectivity index (χ1n) is 9.18. The van der Waals surface area contributed by atoms with Crippen molar-refractivity contribution in [1.82, 2.24) is 14.8 Å². The molecule has 1 unspecified atom stereocenters. The minimum absolute atomic E-state index is 0.158. The summed E-state index contributed by atoms with van der Waals surface area (Å²) in [6, 6.07) is 4.22. The highest BCUT2D eigenvalue weighted by Gasteiger charge is 2.35. The van der Waals surface area contributed by atoms with Gasteiger partial charge in [0.15, 0.2) is 5.67 Å². The molecule has 2 aromatic heterocycles. The SMILES string of the molecule is Cc1nn([C@H](C)C2=C(F)C(C)(F)C=C2)cc1NC(=O)C(N)=CC(=O)c1ccccn1. The van der Waals surface area contributed by atoms with Crippen molar-refractivity contribution in [2.75, 3.05) is 5.32 Å². The van der Waals surface area contributed by atoms with Crippen LogP contribution in [0.5, 0.6) is 0 Å². The zero-order valence-electron chi connectivity index (χ0n) is 16.7. The Morgan fingerprint density at radius 1 is 1.37 bits per heavy atom. The van der Waals surface area contributed by atoms with Crippen molar-refractivity contribution in [2.24, 2.45) is 5.73 Å². The van der Waals surface area contributed by atoms with Gasteiger partial charge in [0.25, 0.3) is 5.91 Å². The molecule has 2 atom stereocenters. The van der Waals surface area contributed by atoms with Crippen molar-refractivity contribution in [3.8, 4) is 0 Å². The van der Waals surface area contributed by atoms with Crippen LogP contribution >= 0.6 is 0 Å². The standard InChI is InChI=1S/C21H21F2N5O2/c1-12-17(11-28(27-12)13(2)14-7-8-21(3,23)19(14)22)26-20(30)15(24)10-18(29)16-6-4-5-9-25-16/h4-11,13H,24H2,1-3H3,(H,26,30)/t13-,21?/m1/s1. The summed E-state index contributed by atoms with van der Waals surface area (Å²) in [4.78, 5) is 28.4. The lowest BCUT2D eigenvalue weighted by Gasteiger charge is -2.15. The van der Waals surface area contributed by atoms with Crippen LogP contribution in [0.4, 0.5) is 14.5 Å². The predicted octanol–water partition coefficient (Wildman–Crippen LogP) is 3.33. The highest BCUT2D eigenvalue weighted by atomic mass is 19.2. The largest absolute Gasteiger partial charge is 0.394 e. The number of alkyl halides is 1. The number of nitrogens with one attached hydrogen (secondary N) is 1. The zero-order chi connectivity index (χ0) is 22.1. The zero-order valence-corrected chi connectivity index (χ0v) is 16.7.